The van der Waals surface area contributed by atoms with E-state index < -0.39 is 0 Å². The van der Waals surface area contributed by atoms with Gasteiger partial charge in [0.2, 0.25) is 0 Å². The minimum absolute atomic E-state index is 1.03. The third-order valence-corrected chi connectivity index (χ3v) is 6.55. The van der Waals surface area contributed by atoms with Gasteiger partial charge in [-0.05, 0) is 68.0 Å². The van der Waals surface area contributed by atoms with Crippen LogP contribution < -0.4 is 5.32 Å². The highest BCUT2D eigenvalue weighted by Crippen LogP contribution is 2.35. The van der Waals surface area contributed by atoms with Crippen LogP contribution in [-0.2, 0) is 7.05 Å². The van der Waals surface area contributed by atoms with Crippen LogP contribution in [0, 0.1) is 18.8 Å². The summed E-state index contributed by atoms with van der Waals surface area (Å²) in [6.45, 7) is 4.71. The molecule has 3 aliphatic rings. The van der Waals surface area contributed by atoms with Crippen LogP contribution in [0.1, 0.15) is 18.4 Å². The number of rotatable bonds is 1. The first kappa shape index (κ1) is 16.0. The van der Waals surface area contributed by atoms with Crippen molar-refractivity contribution in [2.24, 2.45) is 18.9 Å². The number of hydrogen-bond donors (Lipinski definition) is 1. The molecule has 2 aliphatic heterocycles. The first-order valence-electron chi connectivity index (χ1n) is 9.23. The van der Waals surface area contributed by atoms with Crippen molar-refractivity contribution in [2.45, 2.75) is 19.8 Å². The predicted molar refractivity (Wildman–Crippen MR) is 107 cm³/mol. The van der Waals surface area contributed by atoms with Crippen LogP contribution in [0.15, 0.2) is 36.9 Å². The summed E-state index contributed by atoms with van der Waals surface area (Å²) in [7, 11) is 1.96. The number of aryl methyl sites for hydroxylation is 2. The van der Waals surface area contributed by atoms with Crippen molar-refractivity contribution in [1.82, 2.24) is 24.5 Å². The molecule has 0 unspecified atom stereocenters. The zero-order valence-electron chi connectivity index (χ0n) is 15.1. The van der Waals surface area contributed by atoms with Crippen molar-refractivity contribution in [3.63, 3.8) is 0 Å². The van der Waals surface area contributed by atoms with Crippen molar-refractivity contribution in [3.8, 4) is 10.4 Å². The molecule has 4 aromatic rings. The maximum Gasteiger partial charge on any atom is 0.194 e. The molecule has 26 heavy (non-hydrogen) atoms. The second-order valence-electron chi connectivity index (χ2n) is 7.61. The van der Waals surface area contributed by atoms with Crippen molar-refractivity contribution in [1.29, 1.82) is 0 Å². The van der Waals surface area contributed by atoms with Gasteiger partial charge in [-0.1, -0.05) is 11.3 Å². The zero-order valence-corrected chi connectivity index (χ0v) is 16.0. The third kappa shape index (κ3) is 2.83. The number of imidazole rings is 1. The number of aromatic nitrogens is 4. The highest BCUT2D eigenvalue weighted by molar-refractivity contribution is 7.20. The van der Waals surface area contributed by atoms with E-state index in [-0.39, 0.29) is 0 Å². The van der Waals surface area contributed by atoms with Gasteiger partial charge in [-0.15, -0.1) is 0 Å². The lowest BCUT2D eigenvalue weighted by atomic mass is 9.72. The zero-order chi connectivity index (χ0) is 17.7. The third-order valence-electron chi connectivity index (χ3n) is 5.49. The minimum Gasteiger partial charge on any atom is -0.316 e. The summed E-state index contributed by atoms with van der Waals surface area (Å²) < 4.78 is 3.92. The van der Waals surface area contributed by atoms with Gasteiger partial charge in [0.15, 0.2) is 4.96 Å². The second-order valence-corrected chi connectivity index (χ2v) is 8.62. The topological polar surface area (TPSA) is 47.1 Å². The number of fused-ring (bicyclic) bond motifs is 4. The van der Waals surface area contributed by atoms with Gasteiger partial charge >= 0.3 is 0 Å². The monoisotopic (exact) mass is 365 g/mol. The maximum atomic E-state index is 4.48. The largest absolute Gasteiger partial charge is 0.316 e. The molecule has 134 valence electrons. The molecule has 1 aliphatic carbocycles. The van der Waals surface area contributed by atoms with Crippen LogP contribution in [0.3, 0.4) is 0 Å². The van der Waals surface area contributed by atoms with Crippen molar-refractivity contribution < 1.29 is 0 Å². The van der Waals surface area contributed by atoms with E-state index in [0.29, 0.717) is 0 Å². The van der Waals surface area contributed by atoms with Crippen molar-refractivity contribution in [2.75, 3.05) is 13.1 Å². The highest BCUT2D eigenvalue weighted by atomic mass is 32.1. The van der Waals surface area contributed by atoms with Gasteiger partial charge in [0.05, 0.1) is 10.4 Å². The van der Waals surface area contributed by atoms with Crippen LogP contribution in [0.25, 0.3) is 26.3 Å². The average Bonchev–Trinajstić information content (AvgIpc) is 3.29. The van der Waals surface area contributed by atoms with E-state index in [9.17, 15) is 0 Å². The summed E-state index contributed by atoms with van der Waals surface area (Å²) in [6, 6.07) is 4.39. The Labute approximate surface area is 156 Å². The molecule has 1 saturated carbocycles. The van der Waals surface area contributed by atoms with E-state index in [2.05, 4.69) is 51.3 Å². The first-order chi connectivity index (χ1) is 12.7. The molecule has 5 nitrogen and oxygen atoms in total. The standard InChI is InChI=1S/C14H12N4S.C6H11N/c1-9-5-10(6-11-7-17(2)16-13(9)11)12-8-18-4-3-15-14(18)19-12;1-5-2-6(1)4-7-3-5/h3-8H,1-2H3;5-7H,1-4H2. The van der Waals surface area contributed by atoms with Crippen LogP contribution in [0.2, 0.25) is 0 Å². The maximum absolute atomic E-state index is 4.48. The van der Waals surface area contributed by atoms with Crippen LogP contribution in [0.4, 0.5) is 0 Å². The molecule has 0 amide bonds. The SMILES string of the molecule is C1NCC2CC1C2.Cc1cc(-c2cn3ccnc3s2)cc2cn(C)nc12. The Morgan fingerprint density at radius 2 is 1.96 bits per heavy atom. The van der Waals surface area contributed by atoms with Crippen LogP contribution in [-0.4, -0.2) is 32.3 Å². The molecular weight excluding hydrogens is 342 g/mol. The van der Waals surface area contributed by atoms with E-state index in [1.807, 2.05) is 24.1 Å². The quantitative estimate of drug-likeness (QED) is 0.557. The number of nitrogens with zero attached hydrogens (tertiary/aromatic N) is 4. The van der Waals surface area contributed by atoms with E-state index in [0.717, 1.165) is 22.3 Å². The van der Waals surface area contributed by atoms with Gasteiger partial charge in [-0.3, -0.25) is 9.08 Å². The summed E-state index contributed by atoms with van der Waals surface area (Å²) in [6.07, 6.45) is 11.0. The van der Waals surface area contributed by atoms with Crippen molar-refractivity contribution >= 4 is 27.2 Å². The lowest BCUT2D eigenvalue weighted by molar-refractivity contribution is 0.135. The van der Waals surface area contributed by atoms with Gasteiger partial charge in [-0.2, -0.15) is 5.10 Å². The fourth-order valence-corrected chi connectivity index (χ4v) is 5.06. The van der Waals surface area contributed by atoms with Crippen molar-refractivity contribution in [3.05, 3.63) is 42.5 Å². The number of hydrogen-bond acceptors (Lipinski definition) is 4. The molecule has 2 saturated heterocycles. The lowest BCUT2D eigenvalue weighted by Gasteiger charge is -2.41. The van der Waals surface area contributed by atoms with Gasteiger partial charge < -0.3 is 5.32 Å². The molecule has 1 aromatic carbocycles. The minimum atomic E-state index is 1.03. The molecule has 0 spiro atoms. The van der Waals surface area contributed by atoms with Gasteiger partial charge in [0, 0.05) is 37.2 Å². The number of thiazole rings is 1. The first-order valence-corrected chi connectivity index (χ1v) is 10.0. The molecule has 1 N–H and O–H groups in total. The van der Waals surface area contributed by atoms with E-state index in [1.54, 1.807) is 11.3 Å². The summed E-state index contributed by atoms with van der Waals surface area (Å²) in [5, 5.41) is 9.05. The molecule has 0 radical (unpaired) electrons. The fraction of sp³-hybridized carbons (Fsp3) is 0.400. The lowest BCUT2D eigenvalue weighted by Crippen LogP contribution is -2.45. The molecule has 3 fully saturated rings. The Kier molecular flexibility index (Phi) is 3.83. The molecule has 2 bridgehead atoms. The smallest absolute Gasteiger partial charge is 0.194 e. The van der Waals surface area contributed by atoms with Gasteiger partial charge in [-0.25, -0.2) is 4.98 Å². The summed E-state index contributed by atoms with van der Waals surface area (Å²) in [5.74, 6) is 2.14. The van der Waals surface area contributed by atoms with E-state index in [1.165, 1.54) is 47.3 Å². The second kappa shape index (κ2) is 6.21. The molecule has 7 rings (SSSR count). The van der Waals surface area contributed by atoms with Crippen LogP contribution >= 0.6 is 11.3 Å². The summed E-state index contributed by atoms with van der Waals surface area (Å²) in [4.78, 5) is 6.58. The number of piperidine rings is 2. The number of nitrogens with one attached hydrogen (secondary N) is 1. The Hall–Kier alpha value is -2.18. The normalized spacial score (nSPS) is 21.5. The Morgan fingerprint density at radius 3 is 2.62 bits per heavy atom. The van der Waals surface area contributed by atoms with E-state index >= 15 is 0 Å². The predicted octanol–water partition coefficient (Wildman–Crippen LogP) is 3.87. The Bertz CT molecular complexity index is 1020. The molecule has 6 heteroatoms. The molecule has 5 heterocycles. The average molecular weight is 366 g/mol. The molecule has 3 aromatic heterocycles. The molecule has 0 atom stereocenters. The van der Waals surface area contributed by atoms with E-state index in [4.69, 9.17) is 0 Å². The highest BCUT2D eigenvalue weighted by Gasteiger charge is 2.32. The number of benzene rings is 1. The Balaban J connectivity index is 0.000000178. The Morgan fingerprint density at radius 1 is 1.15 bits per heavy atom. The summed E-state index contributed by atoms with van der Waals surface area (Å²) in [5.41, 5.74) is 3.51. The van der Waals surface area contributed by atoms with Crippen LogP contribution in [0.5, 0.6) is 0 Å². The van der Waals surface area contributed by atoms with Gasteiger partial charge in [0.25, 0.3) is 0 Å². The summed E-state index contributed by atoms with van der Waals surface area (Å²) >= 11 is 1.71. The fourth-order valence-electron chi connectivity index (χ4n) is 4.13. The van der Waals surface area contributed by atoms with Gasteiger partial charge in [0.1, 0.15) is 0 Å². The molecular formula is C20H23N5S.